The maximum absolute atomic E-state index is 11.7. The van der Waals surface area contributed by atoms with Gasteiger partial charge in [-0.2, -0.15) is 0 Å². The lowest BCUT2D eigenvalue weighted by molar-refractivity contribution is -0.121. The van der Waals surface area contributed by atoms with Gasteiger partial charge < -0.3 is 20.3 Å². The molecule has 0 aromatic rings. The molecule has 2 N–H and O–H groups in total. The van der Waals surface area contributed by atoms with Crippen LogP contribution in [0.1, 0.15) is 19.8 Å². The van der Waals surface area contributed by atoms with Gasteiger partial charge in [-0.15, -0.1) is 0 Å². The van der Waals surface area contributed by atoms with E-state index >= 15 is 0 Å². The van der Waals surface area contributed by atoms with Gasteiger partial charge in [0.25, 0.3) is 0 Å². The van der Waals surface area contributed by atoms with Crippen molar-refractivity contribution in [3.8, 4) is 0 Å². The Morgan fingerprint density at radius 1 is 1.50 bits per heavy atom. The van der Waals surface area contributed by atoms with E-state index < -0.39 is 0 Å². The molecule has 0 unspecified atom stereocenters. The molecular formula is C13H25N3O2. The molecule has 0 spiro atoms. The predicted octanol–water partition coefficient (Wildman–Crippen LogP) is -0.179. The molecule has 2 rings (SSSR count). The van der Waals surface area contributed by atoms with Gasteiger partial charge in [0, 0.05) is 25.7 Å². The topological polar surface area (TPSA) is 53.6 Å². The van der Waals surface area contributed by atoms with Gasteiger partial charge in [-0.05, 0) is 32.7 Å². The number of carbonyl (C=O) groups is 1. The van der Waals surface area contributed by atoms with Gasteiger partial charge in [0.15, 0.2) is 0 Å². The number of nitrogens with one attached hydrogen (secondary N) is 2. The standard InChI is InChI=1S/C13H25N3O2/c1-10(11-3-4-11)15-13(17)8-14-7-12-9-16(2)5-6-18-12/h10-12,14H,3-9H2,1-2H3,(H,15,17)/t10-,12-/m1/s1. The van der Waals surface area contributed by atoms with E-state index in [4.69, 9.17) is 4.74 Å². The third-order valence-electron chi connectivity index (χ3n) is 3.72. The summed E-state index contributed by atoms with van der Waals surface area (Å²) in [6.07, 6.45) is 2.73. The van der Waals surface area contributed by atoms with Gasteiger partial charge in [0.1, 0.15) is 0 Å². The molecule has 1 amide bonds. The van der Waals surface area contributed by atoms with Crippen molar-refractivity contribution in [3.63, 3.8) is 0 Å². The summed E-state index contributed by atoms with van der Waals surface area (Å²) < 4.78 is 5.62. The van der Waals surface area contributed by atoms with Crippen LogP contribution in [0.3, 0.4) is 0 Å². The fourth-order valence-electron chi connectivity index (χ4n) is 2.36. The van der Waals surface area contributed by atoms with E-state index in [9.17, 15) is 4.79 Å². The number of carbonyl (C=O) groups excluding carboxylic acids is 1. The van der Waals surface area contributed by atoms with Crippen LogP contribution in [0.5, 0.6) is 0 Å². The molecule has 1 heterocycles. The maximum Gasteiger partial charge on any atom is 0.234 e. The fraction of sp³-hybridized carbons (Fsp3) is 0.923. The molecule has 5 nitrogen and oxygen atoms in total. The minimum atomic E-state index is 0.0959. The van der Waals surface area contributed by atoms with Crippen molar-refractivity contribution in [1.82, 2.24) is 15.5 Å². The molecule has 0 radical (unpaired) electrons. The van der Waals surface area contributed by atoms with E-state index in [2.05, 4.69) is 29.5 Å². The molecule has 2 fully saturated rings. The molecule has 1 aliphatic heterocycles. The fourth-order valence-corrected chi connectivity index (χ4v) is 2.36. The lowest BCUT2D eigenvalue weighted by Gasteiger charge is -2.30. The monoisotopic (exact) mass is 255 g/mol. The lowest BCUT2D eigenvalue weighted by Crippen LogP contribution is -2.47. The van der Waals surface area contributed by atoms with Crippen molar-refractivity contribution >= 4 is 5.91 Å². The first-order valence-corrected chi connectivity index (χ1v) is 6.95. The molecule has 1 saturated heterocycles. The average molecular weight is 255 g/mol. The SMILES string of the molecule is C[C@@H](NC(=O)CNC[C@@H]1CN(C)CCO1)C1CC1. The number of likely N-dealkylation sites (N-methyl/N-ethyl adjacent to an activating group) is 1. The van der Waals surface area contributed by atoms with E-state index in [-0.39, 0.29) is 12.0 Å². The number of rotatable bonds is 6. The minimum absolute atomic E-state index is 0.0959. The Bertz CT molecular complexity index is 281. The number of amides is 1. The van der Waals surface area contributed by atoms with Crippen molar-refractivity contribution in [1.29, 1.82) is 0 Å². The van der Waals surface area contributed by atoms with Crippen LogP contribution in [-0.2, 0) is 9.53 Å². The summed E-state index contributed by atoms with van der Waals surface area (Å²) in [6.45, 7) is 5.95. The van der Waals surface area contributed by atoms with Crippen LogP contribution in [0.25, 0.3) is 0 Å². The second-order valence-electron chi connectivity index (χ2n) is 5.58. The Morgan fingerprint density at radius 3 is 2.94 bits per heavy atom. The van der Waals surface area contributed by atoms with Crippen LogP contribution >= 0.6 is 0 Å². The smallest absolute Gasteiger partial charge is 0.234 e. The third-order valence-corrected chi connectivity index (χ3v) is 3.72. The summed E-state index contributed by atoms with van der Waals surface area (Å²) in [6, 6.07) is 0.330. The number of morpholine rings is 1. The normalized spacial score (nSPS) is 26.9. The molecular weight excluding hydrogens is 230 g/mol. The third kappa shape index (κ3) is 4.55. The van der Waals surface area contributed by atoms with Gasteiger partial charge in [0.2, 0.25) is 5.91 Å². The number of nitrogens with zero attached hydrogens (tertiary/aromatic N) is 1. The highest BCUT2D eigenvalue weighted by molar-refractivity contribution is 5.78. The molecule has 1 aliphatic carbocycles. The molecule has 2 atom stereocenters. The van der Waals surface area contributed by atoms with E-state index in [0.29, 0.717) is 18.5 Å². The highest BCUT2D eigenvalue weighted by Gasteiger charge is 2.28. The first-order valence-electron chi connectivity index (χ1n) is 6.95. The van der Waals surface area contributed by atoms with E-state index in [1.165, 1.54) is 12.8 Å². The van der Waals surface area contributed by atoms with Crippen LogP contribution in [0.2, 0.25) is 0 Å². The van der Waals surface area contributed by atoms with Gasteiger partial charge >= 0.3 is 0 Å². The van der Waals surface area contributed by atoms with Crippen molar-refractivity contribution < 1.29 is 9.53 Å². The number of hydrogen-bond donors (Lipinski definition) is 2. The molecule has 18 heavy (non-hydrogen) atoms. The summed E-state index contributed by atoms with van der Waals surface area (Å²) in [5, 5.41) is 6.21. The van der Waals surface area contributed by atoms with Crippen LogP contribution in [0, 0.1) is 5.92 Å². The number of ether oxygens (including phenoxy) is 1. The molecule has 0 aromatic carbocycles. The quantitative estimate of drug-likeness (QED) is 0.691. The Kier molecular flexibility index (Phi) is 4.97. The largest absolute Gasteiger partial charge is 0.374 e. The first kappa shape index (κ1) is 13.8. The van der Waals surface area contributed by atoms with E-state index in [1.54, 1.807) is 0 Å². The maximum atomic E-state index is 11.7. The summed E-state index contributed by atoms with van der Waals surface area (Å²) in [7, 11) is 2.10. The van der Waals surface area contributed by atoms with E-state index in [0.717, 1.165) is 26.2 Å². The summed E-state index contributed by atoms with van der Waals surface area (Å²) in [5.74, 6) is 0.808. The summed E-state index contributed by atoms with van der Waals surface area (Å²) in [4.78, 5) is 13.9. The average Bonchev–Trinajstić information content (AvgIpc) is 3.12. The zero-order valence-electron chi connectivity index (χ0n) is 11.4. The lowest BCUT2D eigenvalue weighted by atomic mass is 10.2. The molecule has 2 aliphatic rings. The van der Waals surface area contributed by atoms with Crippen molar-refractivity contribution in [3.05, 3.63) is 0 Å². The predicted molar refractivity (Wildman–Crippen MR) is 70.4 cm³/mol. The Balaban J connectivity index is 1.55. The second-order valence-corrected chi connectivity index (χ2v) is 5.58. The highest BCUT2D eigenvalue weighted by Crippen LogP contribution is 2.32. The summed E-state index contributed by atoms with van der Waals surface area (Å²) in [5.41, 5.74) is 0. The van der Waals surface area contributed by atoms with Gasteiger partial charge in [-0.25, -0.2) is 0 Å². The second kappa shape index (κ2) is 6.50. The molecule has 0 aromatic heterocycles. The summed E-state index contributed by atoms with van der Waals surface area (Å²) >= 11 is 0. The van der Waals surface area contributed by atoms with Crippen molar-refractivity contribution in [2.24, 2.45) is 5.92 Å². The Labute approximate surface area is 109 Å². The molecule has 1 saturated carbocycles. The number of hydrogen-bond acceptors (Lipinski definition) is 4. The molecule has 5 heteroatoms. The van der Waals surface area contributed by atoms with Gasteiger partial charge in [0.05, 0.1) is 19.3 Å². The van der Waals surface area contributed by atoms with Crippen LogP contribution < -0.4 is 10.6 Å². The molecule has 0 bridgehead atoms. The molecule has 104 valence electrons. The Hall–Kier alpha value is -0.650. The highest BCUT2D eigenvalue weighted by atomic mass is 16.5. The zero-order valence-corrected chi connectivity index (χ0v) is 11.4. The minimum Gasteiger partial charge on any atom is -0.374 e. The van der Waals surface area contributed by atoms with Crippen molar-refractivity contribution in [2.45, 2.75) is 31.9 Å². The van der Waals surface area contributed by atoms with Crippen LogP contribution in [0.15, 0.2) is 0 Å². The zero-order chi connectivity index (χ0) is 13.0. The van der Waals surface area contributed by atoms with Crippen LogP contribution in [-0.4, -0.2) is 62.8 Å². The first-order chi connectivity index (χ1) is 8.65. The van der Waals surface area contributed by atoms with Gasteiger partial charge in [-0.1, -0.05) is 0 Å². The van der Waals surface area contributed by atoms with Crippen molar-refractivity contribution in [2.75, 3.05) is 39.8 Å². The van der Waals surface area contributed by atoms with E-state index in [1.807, 2.05) is 0 Å². The van der Waals surface area contributed by atoms with Crippen LogP contribution in [0.4, 0.5) is 0 Å². The Morgan fingerprint density at radius 2 is 2.28 bits per heavy atom. The van der Waals surface area contributed by atoms with Gasteiger partial charge in [-0.3, -0.25) is 4.79 Å².